The number of aromatic amines is 1. The molecule has 0 bridgehead atoms. The lowest BCUT2D eigenvalue weighted by molar-refractivity contribution is 0.446. The van der Waals surface area contributed by atoms with E-state index in [0.29, 0.717) is 0 Å². The highest BCUT2D eigenvalue weighted by molar-refractivity contribution is 5.24. The Kier molecular flexibility index (Phi) is 2.70. The Labute approximate surface area is 91.6 Å². The van der Waals surface area contributed by atoms with E-state index in [-0.39, 0.29) is 11.7 Å². The average Bonchev–Trinajstić information content (AvgIpc) is 2.28. The van der Waals surface area contributed by atoms with Crippen molar-refractivity contribution >= 4 is 0 Å². The molecular formula is C11H11N3O2. The number of H-pyrrole nitrogens is 1. The minimum atomic E-state index is -0.555. The molecule has 1 heterocycles. The van der Waals surface area contributed by atoms with Crippen molar-refractivity contribution in [3.05, 3.63) is 58.1 Å². The molecule has 82 valence electrons. The predicted octanol–water partition coefficient (Wildman–Crippen LogP) is 0.524. The van der Waals surface area contributed by atoms with Crippen LogP contribution in [-0.4, -0.2) is 15.1 Å². The Morgan fingerprint density at radius 1 is 1.31 bits per heavy atom. The van der Waals surface area contributed by atoms with Crippen molar-refractivity contribution in [3.8, 4) is 5.88 Å². The highest BCUT2D eigenvalue weighted by atomic mass is 16.3. The smallest absolute Gasteiger partial charge is 0.254 e. The van der Waals surface area contributed by atoms with Crippen molar-refractivity contribution in [3.63, 3.8) is 0 Å². The lowest BCUT2D eigenvalue weighted by Crippen LogP contribution is -2.19. The molecule has 0 radical (unpaired) electrons. The number of nitrogens with one attached hydrogen (secondary N) is 1. The van der Waals surface area contributed by atoms with Crippen LogP contribution in [0.15, 0.2) is 41.2 Å². The van der Waals surface area contributed by atoms with Crippen molar-refractivity contribution in [1.29, 1.82) is 0 Å². The fourth-order valence-corrected chi connectivity index (χ4v) is 1.43. The highest BCUT2D eigenvalue weighted by Crippen LogP contribution is 2.15. The summed E-state index contributed by atoms with van der Waals surface area (Å²) in [5.41, 5.74) is 6.30. The van der Waals surface area contributed by atoms with Crippen molar-refractivity contribution in [2.45, 2.75) is 6.04 Å². The second-order valence-electron chi connectivity index (χ2n) is 3.38. The topological polar surface area (TPSA) is 92.0 Å². The number of hydrogen-bond acceptors (Lipinski definition) is 4. The SMILES string of the molecule is NC(c1ccccc1)c1nc(O)cc(=O)[nH]1. The van der Waals surface area contributed by atoms with Gasteiger partial charge in [-0.05, 0) is 5.56 Å². The van der Waals surface area contributed by atoms with E-state index in [9.17, 15) is 9.90 Å². The van der Waals surface area contributed by atoms with Crippen LogP contribution in [0.3, 0.4) is 0 Å². The lowest BCUT2D eigenvalue weighted by Gasteiger charge is -2.10. The zero-order valence-electron chi connectivity index (χ0n) is 8.42. The number of rotatable bonds is 2. The van der Waals surface area contributed by atoms with E-state index in [1.807, 2.05) is 30.3 Å². The van der Waals surface area contributed by atoms with Crippen LogP contribution in [0.5, 0.6) is 5.88 Å². The first-order valence-corrected chi connectivity index (χ1v) is 4.77. The second kappa shape index (κ2) is 4.16. The summed E-state index contributed by atoms with van der Waals surface area (Å²) in [5.74, 6) is -0.0821. The molecule has 5 heteroatoms. The van der Waals surface area contributed by atoms with Gasteiger partial charge in [0, 0.05) is 0 Å². The zero-order valence-corrected chi connectivity index (χ0v) is 8.42. The Balaban J connectivity index is 2.41. The molecule has 2 rings (SSSR count). The number of nitrogens with two attached hydrogens (primary N) is 1. The van der Waals surface area contributed by atoms with E-state index in [0.717, 1.165) is 11.6 Å². The van der Waals surface area contributed by atoms with Gasteiger partial charge >= 0.3 is 0 Å². The van der Waals surface area contributed by atoms with Gasteiger partial charge < -0.3 is 15.8 Å². The summed E-state index contributed by atoms with van der Waals surface area (Å²) in [6.45, 7) is 0. The summed E-state index contributed by atoms with van der Waals surface area (Å²) in [5, 5.41) is 9.20. The summed E-state index contributed by atoms with van der Waals surface area (Å²) in [4.78, 5) is 17.4. The summed E-state index contributed by atoms with van der Waals surface area (Å²) >= 11 is 0. The number of benzene rings is 1. The third-order valence-corrected chi connectivity index (χ3v) is 2.20. The minimum Gasteiger partial charge on any atom is -0.493 e. The van der Waals surface area contributed by atoms with Gasteiger partial charge in [0.05, 0.1) is 12.1 Å². The van der Waals surface area contributed by atoms with Crippen molar-refractivity contribution in [2.24, 2.45) is 5.73 Å². The molecule has 4 N–H and O–H groups in total. The van der Waals surface area contributed by atoms with Crippen LogP contribution in [0.2, 0.25) is 0 Å². The number of hydrogen-bond donors (Lipinski definition) is 3. The van der Waals surface area contributed by atoms with E-state index >= 15 is 0 Å². The zero-order chi connectivity index (χ0) is 11.5. The maximum atomic E-state index is 11.1. The fourth-order valence-electron chi connectivity index (χ4n) is 1.43. The Morgan fingerprint density at radius 2 is 2.00 bits per heavy atom. The molecule has 16 heavy (non-hydrogen) atoms. The van der Waals surface area contributed by atoms with E-state index in [4.69, 9.17) is 5.73 Å². The molecule has 0 aliphatic heterocycles. The van der Waals surface area contributed by atoms with Gasteiger partial charge in [-0.15, -0.1) is 0 Å². The van der Waals surface area contributed by atoms with Crippen LogP contribution >= 0.6 is 0 Å². The van der Waals surface area contributed by atoms with E-state index < -0.39 is 11.6 Å². The van der Waals surface area contributed by atoms with Gasteiger partial charge in [-0.25, -0.2) is 0 Å². The third-order valence-electron chi connectivity index (χ3n) is 2.20. The van der Waals surface area contributed by atoms with Crippen LogP contribution in [-0.2, 0) is 0 Å². The van der Waals surface area contributed by atoms with Gasteiger partial charge in [0.1, 0.15) is 5.82 Å². The maximum absolute atomic E-state index is 11.1. The monoisotopic (exact) mass is 217 g/mol. The lowest BCUT2D eigenvalue weighted by atomic mass is 10.1. The average molecular weight is 217 g/mol. The Morgan fingerprint density at radius 3 is 2.62 bits per heavy atom. The van der Waals surface area contributed by atoms with Crippen molar-refractivity contribution in [2.75, 3.05) is 0 Å². The Hall–Kier alpha value is -2.14. The van der Waals surface area contributed by atoms with E-state index in [2.05, 4.69) is 9.97 Å². The van der Waals surface area contributed by atoms with E-state index in [1.165, 1.54) is 0 Å². The van der Waals surface area contributed by atoms with Crippen molar-refractivity contribution < 1.29 is 5.11 Å². The first kappa shape index (κ1) is 10.4. The van der Waals surface area contributed by atoms with Gasteiger partial charge in [-0.2, -0.15) is 4.98 Å². The van der Waals surface area contributed by atoms with Crippen LogP contribution in [0.4, 0.5) is 0 Å². The number of nitrogens with zero attached hydrogens (tertiary/aromatic N) is 1. The molecule has 1 atom stereocenters. The van der Waals surface area contributed by atoms with E-state index in [1.54, 1.807) is 0 Å². The maximum Gasteiger partial charge on any atom is 0.254 e. The molecule has 0 aliphatic carbocycles. The van der Waals surface area contributed by atoms with Crippen molar-refractivity contribution in [1.82, 2.24) is 9.97 Å². The Bertz CT molecular complexity index is 536. The molecule has 1 aromatic carbocycles. The molecule has 0 spiro atoms. The summed E-state index contributed by atoms with van der Waals surface area (Å²) < 4.78 is 0. The predicted molar refractivity (Wildman–Crippen MR) is 59.0 cm³/mol. The molecule has 1 aromatic heterocycles. The second-order valence-corrected chi connectivity index (χ2v) is 3.38. The van der Waals surface area contributed by atoms with Gasteiger partial charge in [0.25, 0.3) is 5.56 Å². The standard InChI is InChI=1S/C11H11N3O2/c12-10(7-4-2-1-3-5-7)11-13-8(15)6-9(16)14-11/h1-6,10H,12H2,(H2,13,14,15,16). The molecule has 1 unspecified atom stereocenters. The summed E-state index contributed by atoms with van der Waals surface area (Å²) in [6.07, 6.45) is 0. The number of aromatic hydroxyl groups is 1. The summed E-state index contributed by atoms with van der Waals surface area (Å²) in [7, 11) is 0. The third kappa shape index (κ3) is 2.09. The van der Waals surface area contributed by atoms with Gasteiger partial charge in [0.15, 0.2) is 0 Å². The molecular weight excluding hydrogens is 206 g/mol. The largest absolute Gasteiger partial charge is 0.493 e. The molecule has 2 aromatic rings. The first-order chi connectivity index (χ1) is 7.66. The molecule has 0 saturated carbocycles. The normalized spacial score (nSPS) is 12.3. The minimum absolute atomic E-state index is 0.246. The first-order valence-electron chi connectivity index (χ1n) is 4.77. The molecule has 0 amide bonds. The highest BCUT2D eigenvalue weighted by Gasteiger charge is 2.11. The number of aromatic nitrogens is 2. The quantitative estimate of drug-likeness (QED) is 0.684. The summed E-state index contributed by atoms with van der Waals surface area (Å²) in [6, 6.07) is 9.66. The van der Waals surface area contributed by atoms with Crippen LogP contribution in [0.1, 0.15) is 17.4 Å². The van der Waals surface area contributed by atoms with Crippen LogP contribution < -0.4 is 11.3 Å². The molecule has 0 fully saturated rings. The fraction of sp³-hybridized carbons (Fsp3) is 0.0909. The molecule has 0 saturated heterocycles. The molecule has 5 nitrogen and oxygen atoms in total. The van der Waals surface area contributed by atoms with Gasteiger partial charge in [-0.3, -0.25) is 4.79 Å². The molecule has 0 aliphatic rings. The van der Waals surface area contributed by atoms with Crippen LogP contribution in [0, 0.1) is 0 Å². The van der Waals surface area contributed by atoms with Crippen LogP contribution in [0.25, 0.3) is 0 Å². The van der Waals surface area contributed by atoms with Gasteiger partial charge in [0.2, 0.25) is 5.88 Å². The van der Waals surface area contributed by atoms with Gasteiger partial charge in [-0.1, -0.05) is 30.3 Å².